The molecule has 2 fully saturated rings. The van der Waals surface area contributed by atoms with Crippen molar-refractivity contribution < 1.29 is 9.53 Å². The zero-order valence-corrected chi connectivity index (χ0v) is 20.6. The average molecular weight is 463 g/mol. The fourth-order valence-corrected chi connectivity index (χ4v) is 6.09. The number of nitrogens with zero attached hydrogens (tertiary/aromatic N) is 3. The minimum Gasteiger partial charge on any atom is -0.496 e. The van der Waals surface area contributed by atoms with Crippen LogP contribution >= 0.6 is 0 Å². The maximum absolute atomic E-state index is 12.7. The Hall–Kier alpha value is -3.06. The van der Waals surface area contributed by atoms with Gasteiger partial charge in [-0.3, -0.25) is 18.8 Å². The molecule has 0 radical (unpaired) electrons. The Morgan fingerprint density at radius 3 is 2.59 bits per heavy atom. The van der Waals surface area contributed by atoms with E-state index in [1.807, 2.05) is 26.2 Å². The first-order chi connectivity index (χ1) is 16.3. The van der Waals surface area contributed by atoms with Gasteiger partial charge in [0.2, 0.25) is 5.91 Å². The van der Waals surface area contributed by atoms with Gasteiger partial charge < -0.3 is 10.1 Å². The van der Waals surface area contributed by atoms with Crippen LogP contribution in [0.2, 0.25) is 0 Å². The van der Waals surface area contributed by atoms with Crippen molar-refractivity contribution in [2.45, 2.75) is 50.6 Å². The number of imidazole rings is 1. The molecule has 2 aliphatic heterocycles. The summed E-state index contributed by atoms with van der Waals surface area (Å²) in [5.41, 5.74) is 5.13. The monoisotopic (exact) mass is 462 g/mol. The number of nitrogens with one attached hydrogen (secondary N) is 1. The van der Waals surface area contributed by atoms with Gasteiger partial charge in [-0.05, 0) is 49.1 Å². The molecule has 1 spiro atoms. The number of fused-ring (bicyclic) bond motifs is 1. The summed E-state index contributed by atoms with van der Waals surface area (Å²) in [4.78, 5) is 27.6. The molecule has 7 nitrogen and oxygen atoms in total. The van der Waals surface area contributed by atoms with Gasteiger partial charge in [-0.25, -0.2) is 4.79 Å². The first kappa shape index (κ1) is 22.7. The molecule has 2 aromatic carbocycles. The fourth-order valence-electron chi connectivity index (χ4n) is 6.09. The third-order valence-electron chi connectivity index (χ3n) is 7.92. The summed E-state index contributed by atoms with van der Waals surface area (Å²) in [5, 5.41) is 3.45. The zero-order valence-electron chi connectivity index (χ0n) is 20.6. The molecule has 5 rings (SSSR count). The Bertz CT molecular complexity index is 1310. The van der Waals surface area contributed by atoms with E-state index in [0.717, 1.165) is 61.2 Å². The van der Waals surface area contributed by atoms with Crippen LogP contribution in [0, 0.1) is 6.92 Å². The van der Waals surface area contributed by atoms with Crippen LogP contribution in [0.3, 0.4) is 0 Å². The van der Waals surface area contributed by atoms with Crippen LogP contribution in [-0.4, -0.2) is 45.7 Å². The molecule has 0 aliphatic carbocycles. The number of benzene rings is 2. The quantitative estimate of drug-likeness (QED) is 0.647. The van der Waals surface area contributed by atoms with Gasteiger partial charge in [0.05, 0.1) is 23.7 Å². The first-order valence-electron chi connectivity index (χ1n) is 12.1. The van der Waals surface area contributed by atoms with E-state index in [0.29, 0.717) is 6.42 Å². The number of aryl methyl sites for hydroxylation is 3. The van der Waals surface area contributed by atoms with Gasteiger partial charge in [-0.15, -0.1) is 0 Å². The Morgan fingerprint density at radius 2 is 1.82 bits per heavy atom. The first-order valence-corrected chi connectivity index (χ1v) is 12.1. The van der Waals surface area contributed by atoms with E-state index in [4.69, 9.17) is 4.74 Å². The molecular weight excluding hydrogens is 428 g/mol. The Balaban J connectivity index is 1.52. The molecule has 2 saturated heterocycles. The molecule has 2 aliphatic rings. The second kappa shape index (κ2) is 8.62. The highest BCUT2D eigenvalue weighted by Gasteiger charge is 2.49. The molecule has 34 heavy (non-hydrogen) atoms. The van der Waals surface area contributed by atoms with Crippen LogP contribution in [0.5, 0.6) is 5.75 Å². The normalized spacial score (nSPS) is 23.4. The molecule has 0 unspecified atom stereocenters. The van der Waals surface area contributed by atoms with Crippen molar-refractivity contribution >= 4 is 16.9 Å². The number of para-hydroxylation sites is 1. The minimum absolute atomic E-state index is 0.0101. The maximum Gasteiger partial charge on any atom is 0.328 e. The number of aromatic nitrogens is 2. The van der Waals surface area contributed by atoms with Crippen LogP contribution in [-0.2, 0) is 25.4 Å². The van der Waals surface area contributed by atoms with Gasteiger partial charge in [0.1, 0.15) is 5.75 Å². The molecule has 7 heteroatoms. The van der Waals surface area contributed by atoms with Crippen LogP contribution in [0.1, 0.15) is 48.3 Å². The fraction of sp³-hybridized carbons (Fsp3) is 0.481. The molecule has 180 valence electrons. The predicted octanol–water partition coefficient (Wildman–Crippen LogP) is 3.22. The number of amides is 1. The number of ether oxygens (including phenoxy) is 1. The Labute approximate surface area is 200 Å². The van der Waals surface area contributed by atoms with E-state index >= 15 is 0 Å². The van der Waals surface area contributed by atoms with E-state index in [1.165, 1.54) is 11.1 Å². The number of hydrogen-bond acceptors (Lipinski definition) is 4. The van der Waals surface area contributed by atoms with Crippen LogP contribution in [0.4, 0.5) is 0 Å². The number of carbonyl (C=O) groups is 1. The Morgan fingerprint density at radius 1 is 1.09 bits per heavy atom. The van der Waals surface area contributed by atoms with Gasteiger partial charge in [0.25, 0.3) is 0 Å². The van der Waals surface area contributed by atoms with E-state index in [-0.39, 0.29) is 23.1 Å². The van der Waals surface area contributed by atoms with Gasteiger partial charge >= 0.3 is 5.69 Å². The molecule has 3 heterocycles. The van der Waals surface area contributed by atoms with Crippen molar-refractivity contribution in [1.29, 1.82) is 0 Å². The lowest BCUT2D eigenvalue weighted by molar-refractivity contribution is -0.122. The largest absolute Gasteiger partial charge is 0.496 e. The number of carbonyl (C=O) groups excluding carboxylic acids is 1. The smallest absolute Gasteiger partial charge is 0.328 e. The third-order valence-corrected chi connectivity index (χ3v) is 7.92. The van der Waals surface area contributed by atoms with Crippen molar-refractivity contribution in [3.8, 4) is 5.75 Å². The van der Waals surface area contributed by atoms with Crippen LogP contribution < -0.4 is 15.7 Å². The number of methoxy groups -OCH3 is 1. The second-order valence-electron chi connectivity index (χ2n) is 10.0. The van der Waals surface area contributed by atoms with Crippen molar-refractivity contribution in [3.63, 3.8) is 0 Å². The van der Waals surface area contributed by atoms with Gasteiger partial charge in [-0.2, -0.15) is 0 Å². The molecular formula is C27H34N4O3. The Kier molecular flexibility index (Phi) is 5.76. The summed E-state index contributed by atoms with van der Waals surface area (Å²) in [7, 11) is 5.36. The SMILES string of the molecule is COc1ccccc1[C@@H]1CN(Cc2cc3c(cc2C)n(C)c(=O)n3C)C[C@]12CCCCC(=O)N2. The minimum atomic E-state index is -0.306. The molecule has 0 bridgehead atoms. The number of likely N-dealkylation sites (tertiary alicyclic amines) is 1. The lowest BCUT2D eigenvalue weighted by atomic mass is 9.78. The summed E-state index contributed by atoms with van der Waals surface area (Å²) >= 11 is 0. The predicted molar refractivity (Wildman–Crippen MR) is 133 cm³/mol. The summed E-state index contributed by atoms with van der Waals surface area (Å²) < 4.78 is 9.15. The van der Waals surface area contributed by atoms with Crippen LogP contribution in [0.15, 0.2) is 41.2 Å². The van der Waals surface area contributed by atoms with E-state index in [9.17, 15) is 9.59 Å². The molecule has 2 atom stereocenters. The lowest BCUT2D eigenvalue weighted by Gasteiger charge is -2.35. The van der Waals surface area contributed by atoms with E-state index in [1.54, 1.807) is 16.2 Å². The van der Waals surface area contributed by atoms with Crippen molar-refractivity contribution in [2.24, 2.45) is 14.1 Å². The highest BCUT2D eigenvalue weighted by Crippen LogP contribution is 2.44. The van der Waals surface area contributed by atoms with E-state index in [2.05, 4.69) is 41.4 Å². The number of rotatable bonds is 4. The van der Waals surface area contributed by atoms with Crippen molar-refractivity contribution in [2.75, 3.05) is 20.2 Å². The zero-order chi connectivity index (χ0) is 24.0. The highest BCUT2D eigenvalue weighted by molar-refractivity contribution is 5.78. The molecule has 0 saturated carbocycles. The van der Waals surface area contributed by atoms with Crippen molar-refractivity contribution in [3.05, 3.63) is 63.6 Å². The summed E-state index contributed by atoms with van der Waals surface area (Å²) in [5.74, 6) is 1.18. The molecule has 1 N–H and O–H groups in total. The molecule has 3 aromatic rings. The summed E-state index contributed by atoms with van der Waals surface area (Å²) in [6.45, 7) is 4.52. The molecule has 1 amide bonds. The van der Waals surface area contributed by atoms with Crippen LogP contribution in [0.25, 0.3) is 11.0 Å². The topological polar surface area (TPSA) is 68.5 Å². The molecule has 1 aromatic heterocycles. The highest BCUT2D eigenvalue weighted by atomic mass is 16.5. The number of hydrogen-bond donors (Lipinski definition) is 1. The van der Waals surface area contributed by atoms with Gasteiger partial charge in [0.15, 0.2) is 0 Å². The standard InChI is InChI=1S/C27H34N4O3/c1-18-13-22-23(30(3)26(33)29(22)2)14-19(18)15-31-16-21(20-9-5-6-10-24(20)34-4)27(17-31)12-8-7-11-25(32)28-27/h5-6,9-10,13-14,21H,7-8,11-12,15-17H2,1-4H3,(H,28,32)/t21-,27+/m0/s1. The maximum atomic E-state index is 12.7. The van der Waals surface area contributed by atoms with Gasteiger partial charge in [-0.1, -0.05) is 24.6 Å². The van der Waals surface area contributed by atoms with Crippen molar-refractivity contribution in [1.82, 2.24) is 19.4 Å². The second-order valence-corrected chi connectivity index (χ2v) is 10.0. The van der Waals surface area contributed by atoms with Gasteiger partial charge in [0, 0.05) is 51.6 Å². The summed E-state index contributed by atoms with van der Waals surface area (Å²) in [6, 6.07) is 12.5. The summed E-state index contributed by atoms with van der Waals surface area (Å²) in [6.07, 6.45) is 3.53. The lowest BCUT2D eigenvalue weighted by Crippen LogP contribution is -2.52. The third kappa shape index (κ3) is 3.72. The van der Waals surface area contributed by atoms with E-state index < -0.39 is 0 Å². The average Bonchev–Trinajstić information content (AvgIpc) is 3.17.